The largest absolute Gasteiger partial charge is 0.338 e. The highest BCUT2D eigenvalue weighted by Crippen LogP contribution is 2.31. The highest BCUT2D eigenvalue weighted by atomic mass is 19.1. The lowest BCUT2D eigenvalue weighted by atomic mass is 9.91. The van der Waals surface area contributed by atoms with Gasteiger partial charge in [-0.05, 0) is 47.4 Å². The molecule has 150 valence electrons. The zero-order valence-corrected chi connectivity index (χ0v) is 16.5. The van der Waals surface area contributed by atoms with Crippen LogP contribution in [-0.2, 0) is 17.8 Å². The van der Waals surface area contributed by atoms with Gasteiger partial charge in [-0.25, -0.2) is 9.37 Å². The predicted molar refractivity (Wildman–Crippen MR) is 114 cm³/mol. The number of fused-ring (bicyclic) bond motifs is 2. The number of halogens is 1. The van der Waals surface area contributed by atoms with Crippen LogP contribution in [0.2, 0.25) is 0 Å². The third-order valence-corrected chi connectivity index (χ3v) is 5.92. The average Bonchev–Trinajstić information content (AvgIpc) is 3.21. The van der Waals surface area contributed by atoms with Crippen molar-refractivity contribution in [3.63, 3.8) is 0 Å². The molecule has 0 radical (unpaired) electrons. The molecular weight excluding hydrogens is 377 g/mol. The van der Waals surface area contributed by atoms with Gasteiger partial charge in [0, 0.05) is 37.8 Å². The van der Waals surface area contributed by atoms with Crippen LogP contribution in [0.3, 0.4) is 0 Å². The summed E-state index contributed by atoms with van der Waals surface area (Å²) in [6.07, 6.45) is 4.87. The number of amides is 1. The van der Waals surface area contributed by atoms with Gasteiger partial charge in [-0.3, -0.25) is 4.79 Å². The fourth-order valence-electron chi connectivity index (χ4n) is 4.34. The summed E-state index contributed by atoms with van der Waals surface area (Å²) in [5.74, 6) is -0.502. The van der Waals surface area contributed by atoms with Gasteiger partial charge in [-0.2, -0.15) is 0 Å². The number of hydrogen-bond donors (Lipinski definition) is 0. The van der Waals surface area contributed by atoms with E-state index in [1.807, 2.05) is 51.9 Å². The number of aromatic nitrogens is 2. The van der Waals surface area contributed by atoms with Gasteiger partial charge in [-0.15, -0.1) is 0 Å². The molecule has 0 spiro atoms. The van der Waals surface area contributed by atoms with Crippen molar-refractivity contribution in [1.29, 1.82) is 0 Å². The summed E-state index contributed by atoms with van der Waals surface area (Å²) in [6.45, 7) is 1.33. The van der Waals surface area contributed by atoms with Crippen molar-refractivity contribution in [3.05, 3.63) is 107 Å². The second-order valence-electron chi connectivity index (χ2n) is 7.76. The van der Waals surface area contributed by atoms with E-state index in [-0.39, 0.29) is 24.1 Å². The van der Waals surface area contributed by atoms with E-state index in [0.29, 0.717) is 13.1 Å². The third kappa shape index (κ3) is 3.47. The molecule has 0 bridgehead atoms. The fourth-order valence-corrected chi connectivity index (χ4v) is 4.34. The second-order valence-corrected chi connectivity index (χ2v) is 7.76. The van der Waals surface area contributed by atoms with Gasteiger partial charge in [0.1, 0.15) is 11.5 Å². The minimum absolute atomic E-state index is 0.0737. The van der Waals surface area contributed by atoms with Crippen molar-refractivity contribution < 1.29 is 9.18 Å². The monoisotopic (exact) mass is 399 g/mol. The second kappa shape index (κ2) is 7.75. The molecule has 4 nitrogen and oxygen atoms in total. The fraction of sp³-hybridized carbons (Fsp3) is 0.200. The van der Waals surface area contributed by atoms with Crippen LogP contribution in [0, 0.1) is 5.82 Å². The van der Waals surface area contributed by atoms with Gasteiger partial charge in [0.2, 0.25) is 5.91 Å². The molecule has 1 amide bonds. The molecule has 0 aliphatic carbocycles. The molecule has 1 atom stereocenters. The molecule has 1 aliphatic rings. The van der Waals surface area contributed by atoms with Gasteiger partial charge in [0.15, 0.2) is 0 Å². The molecule has 2 aromatic carbocycles. The van der Waals surface area contributed by atoms with E-state index in [4.69, 9.17) is 0 Å². The molecule has 5 heteroatoms. The Morgan fingerprint density at radius 2 is 1.87 bits per heavy atom. The Bertz CT molecular complexity index is 1220. The standard InChI is InChI=1S/C25H22FN3O/c26-21-9-5-8-19(14-21)22(23-16-27-24-10-3-4-12-29(23)24)15-25(30)28-13-11-18-6-1-2-7-20(18)17-28/h1-10,12,14,16,22H,11,13,15,17H2. The first kappa shape index (κ1) is 18.6. The molecule has 2 aromatic heterocycles. The van der Waals surface area contributed by atoms with Crippen LogP contribution in [-0.4, -0.2) is 26.7 Å². The first-order valence-corrected chi connectivity index (χ1v) is 10.2. The summed E-state index contributed by atoms with van der Waals surface area (Å²) in [4.78, 5) is 19.7. The third-order valence-electron chi connectivity index (χ3n) is 5.92. The first-order valence-electron chi connectivity index (χ1n) is 10.2. The lowest BCUT2D eigenvalue weighted by Crippen LogP contribution is -2.36. The Balaban J connectivity index is 1.48. The Hall–Kier alpha value is -3.47. The van der Waals surface area contributed by atoms with Gasteiger partial charge in [-0.1, -0.05) is 42.5 Å². The van der Waals surface area contributed by atoms with E-state index in [2.05, 4.69) is 17.1 Å². The molecular formula is C25H22FN3O. The molecule has 30 heavy (non-hydrogen) atoms. The van der Waals surface area contributed by atoms with Crippen LogP contribution in [0.5, 0.6) is 0 Å². The van der Waals surface area contributed by atoms with E-state index >= 15 is 0 Å². The molecule has 0 fully saturated rings. The van der Waals surface area contributed by atoms with E-state index in [0.717, 1.165) is 23.3 Å². The van der Waals surface area contributed by atoms with Gasteiger partial charge >= 0.3 is 0 Å². The number of carbonyl (C=O) groups is 1. The molecule has 0 saturated heterocycles. The van der Waals surface area contributed by atoms with Crippen LogP contribution < -0.4 is 0 Å². The van der Waals surface area contributed by atoms with Crippen LogP contribution in [0.25, 0.3) is 5.65 Å². The van der Waals surface area contributed by atoms with Crippen molar-refractivity contribution >= 4 is 11.6 Å². The van der Waals surface area contributed by atoms with Gasteiger partial charge in [0.05, 0.1) is 5.69 Å². The molecule has 0 N–H and O–H groups in total. The van der Waals surface area contributed by atoms with E-state index in [1.54, 1.807) is 12.3 Å². The molecule has 3 heterocycles. The normalized spacial score (nSPS) is 14.5. The van der Waals surface area contributed by atoms with Gasteiger partial charge < -0.3 is 9.30 Å². The number of nitrogens with zero attached hydrogens (tertiary/aromatic N) is 3. The average molecular weight is 399 g/mol. The lowest BCUT2D eigenvalue weighted by molar-refractivity contribution is -0.132. The quantitative estimate of drug-likeness (QED) is 0.504. The van der Waals surface area contributed by atoms with E-state index in [1.165, 1.54) is 23.3 Å². The summed E-state index contributed by atoms with van der Waals surface area (Å²) >= 11 is 0. The Morgan fingerprint density at radius 1 is 1.03 bits per heavy atom. The Morgan fingerprint density at radius 3 is 2.73 bits per heavy atom. The number of benzene rings is 2. The first-order chi connectivity index (χ1) is 14.7. The van der Waals surface area contributed by atoms with Crippen molar-refractivity contribution in [2.24, 2.45) is 0 Å². The molecule has 0 saturated carbocycles. The van der Waals surface area contributed by atoms with E-state index < -0.39 is 0 Å². The zero-order valence-electron chi connectivity index (χ0n) is 16.5. The van der Waals surface area contributed by atoms with E-state index in [9.17, 15) is 9.18 Å². The minimum atomic E-state index is -0.300. The number of rotatable bonds is 4. The SMILES string of the molecule is O=C(CC(c1cccc(F)c1)c1cnc2ccccn12)N1CCc2ccccc2C1. The highest BCUT2D eigenvalue weighted by Gasteiger charge is 2.27. The summed E-state index contributed by atoms with van der Waals surface area (Å²) in [5, 5.41) is 0. The summed E-state index contributed by atoms with van der Waals surface area (Å²) in [5.41, 5.74) is 5.00. The molecule has 4 aromatic rings. The number of pyridine rings is 1. The summed E-state index contributed by atoms with van der Waals surface area (Å²) in [6, 6.07) is 20.6. The van der Waals surface area contributed by atoms with Crippen molar-refractivity contribution in [3.8, 4) is 0 Å². The maximum atomic E-state index is 14.0. The van der Waals surface area contributed by atoms with Crippen molar-refractivity contribution in [1.82, 2.24) is 14.3 Å². The van der Waals surface area contributed by atoms with Gasteiger partial charge in [0.25, 0.3) is 0 Å². The summed E-state index contributed by atoms with van der Waals surface area (Å²) in [7, 11) is 0. The predicted octanol–water partition coefficient (Wildman–Crippen LogP) is 4.58. The minimum Gasteiger partial charge on any atom is -0.338 e. The maximum Gasteiger partial charge on any atom is 0.223 e. The van der Waals surface area contributed by atoms with Crippen molar-refractivity contribution in [2.45, 2.75) is 25.3 Å². The highest BCUT2D eigenvalue weighted by molar-refractivity contribution is 5.78. The Labute approximate surface area is 174 Å². The van der Waals surface area contributed by atoms with Crippen LogP contribution in [0.1, 0.15) is 34.7 Å². The maximum absolute atomic E-state index is 14.0. The van der Waals surface area contributed by atoms with Crippen molar-refractivity contribution in [2.75, 3.05) is 6.54 Å². The summed E-state index contributed by atoms with van der Waals surface area (Å²) < 4.78 is 16.0. The molecule has 5 rings (SSSR count). The molecule has 1 aliphatic heterocycles. The number of carbonyl (C=O) groups excluding carboxylic acids is 1. The topological polar surface area (TPSA) is 37.6 Å². The molecule has 1 unspecified atom stereocenters. The zero-order chi connectivity index (χ0) is 20.5. The number of hydrogen-bond acceptors (Lipinski definition) is 2. The number of imidazole rings is 1. The van der Waals surface area contributed by atoms with Crippen LogP contribution in [0.4, 0.5) is 4.39 Å². The van der Waals surface area contributed by atoms with Crippen LogP contribution >= 0.6 is 0 Å². The Kier molecular flexibility index (Phi) is 4.79. The van der Waals surface area contributed by atoms with Crippen LogP contribution in [0.15, 0.2) is 79.1 Å². The lowest BCUT2D eigenvalue weighted by Gasteiger charge is -2.30. The smallest absolute Gasteiger partial charge is 0.223 e.